The molecule has 0 spiro atoms. The molecule has 0 amide bonds. The Bertz CT molecular complexity index is 471. The Morgan fingerprint density at radius 1 is 1.50 bits per heavy atom. The molecule has 0 radical (unpaired) electrons. The van der Waals surface area contributed by atoms with E-state index in [2.05, 4.69) is 10.3 Å². The summed E-state index contributed by atoms with van der Waals surface area (Å²) in [4.78, 5) is 10.7. The van der Waals surface area contributed by atoms with Crippen molar-refractivity contribution in [2.45, 2.75) is 6.92 Å². The van der Waals surface area contributed by atoms with E-state index in [-0.39, 0.29) is 17.1 Å². The summed E-state index contributed by atoms with van der Waals surface area (Å²) < 4.78 is 9.61. The molecule has 0 bridgehead atoms. The molecule has 2 rings (SSSR count). The van der Waals surface area contributed by atoms with Crippen LogP contribution in [-0.4, -0.2) is 21.4 Å². The lowest BCUT2D eigenvalue weighted by Gasteiger charge is -1.88. The summed E-state index contributed by atoms with van der Waals surface area (Å²) in [6.07, 6.45) is 1.12. The Balaban J connectivity index is 2.51. The van der Waals surface area contributed by atoms with E-state index in [1.807, 2.05) is 0 Å². The third kappa shape index (κ3) is 1.26. The van der Waals surface area contributed by atoms with Gasteiger partial charge in [0, 0.05) is 6.07 Å². The van der Waals surface area contributed by atoms with Crippen LogP contribution in [0.25, 0.3) is 11.5 Å². The summed E-state index contributed by atoms with van der Waals surface area (Å²) >= 11 is 0. The molecule has 0 saturated carbocycles. The molecule has 1 N–H and O–H groups in total. The summed E-state index contributed by atoms with van der Waals surface area (Å²) in [5.74, 6) is -0.772. The summed E-state index contributed by atoms with van der Waals surface area (Å²) in [6.45, 7) is 1.73. The van der Waals surface area contributed by atoms with Gasteiger partial charge < -0.3 is 14.2 Å². The van der Waals surface area contributed by atoms with Gasteiger partial charge in [0.25, 0.3) is 0 Å². The fourth-order valence-corrected chi connectivity index (χ4v) is 1.04. The minimum Gasteiger partial charge on any atom is -0.477 e. The molecule has 0 aromatic carbocycles. The number of carboxylic acids is 1. The van der Waals surface area contributed by atoms with E-state index in [9.17, 15) is 4.79 Å². The van der Waals surface area contributed by atoms with Crippen LogP contribution in [0.1, 0.15) is 16.1 Å². The minimum atomic E-state index is -1.12. The number of aromatic carboxylic acids is 1. The fourth-order valence-electron chi connectivity index (χ4n) is 1.04. The Morgan fingerprint density at radius 3 is 2.86 bits per heavy atom. The monoisotopic (exact) mass is 194 g/mol. The van der Waals surface area contributed by atoms with Gasteiger partial charge in [-0.2, -0.15) is 0 Å². The highest BCUT2D eigenvalue weighted by Gasteiger charge is 2.20. The van der Waals surface area contributed by atoms with Gasteiger partial charge in [-0.25, -0.2) is 4.79 Å². The number of aryl methyl sites for hydroxylation is 1. The quantitative estimate of drug-likeness (QED) is 0.775. The molecule has 0 atom stereocenters. The Morgan fingerprint density at radius 2 is 2.29 bits per heavy atom. The topological polar surface area (TPSA) is 89.4 Å². The van der Waals surface area contributed by atoms with Gasteiger partial charge in [-0.15, -0.1) is 0 Å². The Kier molecular flexibility index (Phi) is 1.81. The summed E-state index contributed by atoms with van der Waals surface area (Å²) in [5.41, 5.74) is 0.605. The number of hydrogen-bond donors (Lipinski definition) is 1. The first kappa shape index (κ1) is 8.49. The van der Waals surface area contributed by atoms with Crippen LogP contribution in [0.2, 0.25) is 0 Å². The zero-order valence-electron chi connectivity index (χ0n) is 7.22. The third-order valence-electron chi connectivity index (χ3n) is 1.65. The van der Waals surface area contributed by atoms with E-state index in [0.717, 1.165) is 6.20 Å². The average molecular weight is 194 g/mol. The van der Waals surface area contributed by atoms with E-state index >= 15 is 0 Å². The molecule has 0 aliphatic heterocycles. The van der Waals surface area contributed by atoms with Gasteiger partial charge in [0.05, 0.1) is 11.9 Å². The zero-order valence-corrected chi connectivity index (χ0v) is 7.22. The van der Waals surface area contributed by atoms with Crippen LogP contribution >= 0.6 is 0 Å². The van der Waals surface area contributed by atoms with Crippen molar-refractivity contribution in [2.24, 2.45) is 0 Å². The van der Waals surface area contributed by atoms with Crippen LogP contribution in [0.5, 0.6) is 0 Å². The second-order valence-electron chi connectivity index (χ2n) is 2.71. The number of carboxylic acid groups (broad SMARTS) is 1. The molecule has 6 nitrogen and oxygen atoms in total. The molecule has 72 valence electrons. The van der Waals surface area contributed by atoms with Gasteiger partial charge in [0.15, 0.2) is 0 Å². The highest BCUT2D eigenvalue weighted by Crippen LogP contribution is 2.23. The molecule has 0 unspecified atom stereocenters. The van der Waals surface area contributed by atoms with Gasteiger partial charge in [-0.1, -0.05) is 10.3 Å². The molecule has 2 aromatic rings. The van der Waals surface area contributed by atoms with Crippen LogP contribution in [0, 0.1) is 6.92 Å². The van der Waals surface area contributed by atoms with E-state index in [1.165, 1.54) is 0 Å². The minimum absolute atomic E-state index is 0.0406. The van der Waals surface area contributed by atoms with E-state index < -0.39 is 5.97 Å². The highest BCUT2D eigenvalue weighted by atomic mass is 16.5. The first-order valence-corrected chi connectivity index (χ1v) is 3.80. The largest absolute Gasteiger partial charge is 0.477 e. The predicted molar refractivity (Wildman–Crippen MR) is 43.7 cm³/mol. The predicted octanol–water partition coefficient (Wildman–Crippen LogP) is 1.34. The van der Waals surface area contributed by atoms with Crippen LogP contribution in [0.3, 0.4) is 0 Å². The van der Waals surface area contributed by atoms with Gasteiger partial charge in [0.1, 0.15) is 5.56 Å². The Labute approximate surface area is 78.1 Å². The van der Waals surface area contributed by atoms with Gasteiger partial charge in [-0.05, 0) is 6.92 Å². The number of aromatic nitrogens is 2. The third-order valence-corrected chi connectivity index (χ3v) is 1.65. The highest BCUT2D eigenvalue weighted by molar-refractivity contribution is 5.93. The lowest BCUT2D eigenvalue weighted by molar-refractivity contribution is 0.0697. The summed E-state index contributed by atoms with van der Waals surface area (Å²) in [7, 11) is 0. The average Bonchev–Trinajstić information content (AvgIpc) is 2.70. The second kappa shape index (κ2) is 2.99. The standard InChI is InChI=1S/C8H6N2O4/c1-4-2-6(13-10-4)7-5(8(11)12)3-9-14-7/h2-3H,1H3,(H,11,12). The maximum absolute atomic E-state index is 10.7. The van der Waals surface area contributed by atoms with E-state index in [4.69, 9.17) is 14.2 Å². The molecule has 2 aromatic heterocycles. The van der Waals surface area contributed by atoms with Crippen molar-refractivity contribution in [2.75, 3.05) is 0 Å². The van der Waals surface area contributed by atoms with Crippen LogP contribution < -0.4 is 0 Å². The number of nitrogens with zero attached hydrogens (tertiary/aromatic N) is 2. The smallest absolute Gasteiger partial charge is 0.341 e. The van der Waals surface area contributed by atoms with Crippen LogP contribution in [-0.2, 0) is 0 Å². The van der Waals surface area contributed by atoms with Crippen LogP contribution in [0.15, 0.2) is 21.3 Å². The number of hydrogen-bond acceptors (Lipinski definition) is 5. The number of carbonyl (C=O) groups is 1. The maximum Gasteiger partial charge on any atom is 0.341 e. The summed E-state index contributed by atoms with van der Waals surface area (Å²) in [5, 5.41) is 15.8. The molecule has 0 fully saturated rings. The number of rotatable bonds is 2. The summed E-state index contributed by atoms with van der Waals surface area (Å²) in [6, 6.07) is 1.58. The van der Waals surface area contributed by atoms with Crippen LogP contribution in [0.4, 0.5) is 0 Å². The first-order valence-electron chi connectivity index (χ1n) is 3.80. The molecule has 0 aliphatic carbocycles. The van der Waals surface area contributed by atoms with Crippen molar-refractivity contribution in [3.63, 3.8) is 0 Å². The lowest BCUT2D eigenvalue weighted by atomic mass is 10.2. The first-order chi connectivity index (χ1) is 6.68. The van der Waals surface area contributed by atoms with Gasteiger partial charge in [0.2, 0.25) is 11.5 Å². The molecule has 0 saturated heterocycles. The van der Waals surface area contributed by atoms with Crippen molar-refractivity contribution in [3.05, 3.63) is 23.5 Å². The van der Waals surface area contributed by atoms with Gasteiger partial charge in [-0.3, -0.25) is 0 Å². The van der Waals surface area contributed by atoms with E-state index in [0.29, 0.717) is 5.69 Å². The van der Waals surface area contributed by atoms with Crippen molar-refractivity contribution in [1.82, 2.24) is 10.3 Å². The van der Waals surface area contributed by atoms with Crippen molar-refractivity contribution < 1.29 is 18.9 Å². The fraction of sp³-hybridized carbons (Fsp3) is 0.125. The molecule has 2 heterocycles. The maximum atomic E-state index is 10.7. The molecule has 0 aliphatic rings. The lowest BCUT2D eigenvalue weighted by Crippen LogP contribution is -1.95. The van der Waals surface area contributed by atoms with Crippen molar-refractivity contribution >= 4 is 5.97 Å². The molecular formula is C8H6N2O4. The second-order valence-corrected chi connectivity index (χ2v) is 2.71. The Hall–Kier alpha value is -2.11. The SMILES string of the molecule is Cc1cc(-c2oncc2C(=O)O)on1. The van der Waals surface area contributed by atoms with E-state index in [1.54, 1.807) is 13.0 Å². The zero-order chi connectivity index (χ0) is 10.1. The molecule has 6 heteroatoms. The van der Waals surface area contributed by atoms with Crippen molar-refractivity contribution in [1.29, 1.82) is 0 Å². The molecular weight excluding hydrogens is 188 g/mol. The van der Waals surface area contributed by atoms with Crippen molar-refractivity contribution in [3.8, 4) is 11.5 Å². The normalized spacial score (nSPS) is 10.4. The molecule has 14 heavy (non-hydrogen) atoms. The van der Waals surface area contributed by atoms with Gasteiger partial charge >= 0.3 is 5.97 Å².